The number of ether oxygens (including phenoxy) is 1. The van der Waals surface area contributed by atoms with Gasteiger partial charge in [-0.1, -0.05) is 18.5 Å². The smallest absolute Gasteiger partial charge is 0.128 e. The van der Waals surface area contributed by atoms with Gasteiger partial charge < -0.3 is 10.5 Å². The summed E-state index contributed by atoms with van der Waals surface area (Å²) in [6, 6.07) is 4.75. The van der Waals surface area contributed by atoms with E-state index in [0.717, 1.165) is 13.0 Å². The summed E-state index contributed by atoms with van der Waals surface area (Å²) in [7, 11) is 0. The number of rotatable bonds is 4. The molecule has 5 heteroatoms. The first-order chi connectivity index (χ1) is 9.56. The maximum Gasteiger partial charge on any atom is 0.128 e. The molecule has 1 fully saturated rings. The highest BCUT2D eigenvalue weighted by Gasteiger charge is 2.32. The SMILES string of the molecule is CCC1COC(C)CN1C(CN)c1cc(Cl)ccc1F. The Hall–Kier alpha value is -0.680. The summed E-state index contributed by atoms with van der Waals surface area (Å²) in [6.45, 7) is 5.92. The molecule has 20 heavy (non-hydrogen) atoms. The molecular formula is C15H22ClFN2O. The van der Waals surface area contributed by atoms with Gasteiger partial charge in [-0.05, 0) is 31.5 Å². The van der Waals surface area contributed by atoms with Crippen molar-refractivity contribution in [1.82, 2.24) is 4.90 Å². The first-order valence-corrected chi connectivity index (χ1v) is 7.47. The first-order valence-electron chi connectivity index (χ1n) is 7.09. The van der Waals surface area contributed by atoms with E-state index in [1.54, 1.807) is 12.1 Å². The van der Waals surface area contributed by atoms with Crippen LogP contribution in [0, 0.1) is 5.82 Å². The molecule has 0 radical (unpaired) electrons. The summed E-state index contributed by atoms with van der Waals surface area (Å²) in [5.41, 5.74) is 6.50. The third kappa shape index (κ3) is 3.31. The fourth-order valence-electron chi connectivity index (χ4n) is 2.81. The summed E-state index contributed by atoms with van der Waals surface area (Å²) < 4.78 is 19.8. The van der Waals surface area contributed by atoms with Crippen LogP contribution in [0.1, 0.15) is 31.9 Å². The average molecular weight is 301 g/mol. The third-order valence-electron chi connectivity index (χ3n) is 3.92. The molecule has 0 spiro atoms. The van der Waals surface area contributed by atoms with Crippen LogP contribution in [0.25, 0.3) is 0 Å². The van der Waals surface area contributed by atoms with Crippen LogP contribution in [0.4, 0.5) is 4.39 Å². The Morgan fingerprint density at radius 3 is 2.95 bits per heavy atom. The number of morpholine rings is 1. The van der Waals surface area contributed by atoms with Crippen molar-refractivity contribution in [2.45, 2.75) is 38.5 Å². The molecule has 0 aliphatic carbocycles. The Bertz CT molecular complexity index is 457. The minimum Gasteiger partial charge on any atom is -0.376 e. The normalized spacial score (nSPS) is 25.6. The van der Waals surface area contributed by atoms with Gasteiger partial charge in [-0.3, -0.25) is 4.90 Å². The van der Waals surface area contributed by atoms with E-state index >= 15 is 0 Å². The molecule has 1 aliphatic rings. The van der Waals surface area contributed by atoms with Gasteiger partial charge in [-0.2, -0.15) is 0 Å². The molecule has 1 saturated heterocycles. The van der Waals surface area contributed by atoms with E-state index in [4.69, 9.17) is 22.1 Å². The summed E-state index contributed by atoms with van der Waals surface area (Å²) in [4.78, 5) is 2.25. The van der Waals surface area contributed by atoms with E-state index in [0.29, 0.717) is 23.7 Å². The van der Waals surface area contributed by atoms with Crippen molar-refractivity contribution >= 4 is 11.6 Å². The van der Waals surface area contributed by atoms with Gasteiger partial charge in [0.05, 0.1) is 18.8 Å². The minimum atomic E-state index is -0.251. The second kappa shape index (κ2) is 6.85. The molecule has 0 bridgehead atoms. The molecule has 2 rings (SSSR count). The molecule has 1 heterocycles. The summed E-state index contributed by atoms with van der Waals surface area (Å²) >= 11 is 6.01. The molecule has 1 aromatic rings. The fraction of sp³-hybridized carbons (Fsp3) is 0.600. The number of nitrogens with zero attached hydrogens (tertiary/aromatic N) is 1. The summed E-state index contributed by atoms with van der Waals surface area (Å²) in [5.74, 6) is -0.251. The van der Waals surface area contributed by atoms with Crippen molar-refractivity contribution in [2.75, 3.05) is 19.7 Å². The largest absolute Gasteiger partial charge is 0.376 e. The van der Waals surface area contributed by atoms with Gasteiger partial charge in [0.25, 0.3) is 0 Å². The topological polar surface area (TPSA) is 38.5 Å². The van der Waals surface area contributed by atoms with Crippen LogP contribution in [0.2, 0.25) is 5.02 Å². The van der Waals surface area contributed by atoms with Crippen molar-refractivity contribution in [3.05, 3.63) is 34.6 Å². The Labute approximate surface area is 124 Å². The van der Waals surface area contributed by atoms with Crippen LogP contribution in [-0.4, -0.2) is 36.7 Å². The van der Waals surface area contributed by atoms with Crippen molar-refractivity contribution < 1.29 is 9.13 Å². The van der Waals surface area contributed by atoms with Crippen LogP contribution < -0.4 is 5.73 Å². The van der Waals surface area contributed by atoms with Crippen LogP contribution in [0.3, 0.4) is 0 Å². The molecule has 0 saturated carbocycles. The molecule has 3 nitrogen and oxygen atoms in total. The average Bonchev–Trinajstić information content (AvgIpc) is 2.44. The highest BCUT2D eigenvalue weighted by atomic mass is 35.5. The zero-order valence-electron chi connectivity index (χ0n) is 12.0. The molecule has 0 aromatic heterocycles. The van der Waals surface area contributed by atoms with Gasteiger partial charge in [0.1, 0.15) is 5.82 Å². The van der Waals surface area contributed by atoms with E-state index < -0.39 is 0 Å². The van der Waals surface area contributed by atoms with E-state index in [1.165, 1.54) is 6.07 Å². The van der Waals surface area contributed by atoms with E-state index in [1.807, 2.05) is 6.92 Å². The van der Waals surface area contributed by atoms with E-state index in [-0.39, 0.29) is 24.0 Å². The van der Waals surface area contributed by atoms with Gasteiger partial charge in [0.15, 0.2) is 0 Å². The Kier molecular flexibility index (Phi) is 5.38. The number of nitrogens with two attached hydrogens (primary N) is 1. The maximum absolute atomic E-state index is 14.1. The highest BCUT2D eigenvalue weighted by Crippen LogP contribution is 2.30. The van der Waals surface area contributed by atoms with Crippen LogP contribution in [0.15, 0.2) is 18.2 Å². The predicted molar refractivity (Wildman–Crippen MR) is 79.4 cm³/mol. The van der Waals surface area contributed by atoms with Gasteiger partial charge in [0, 0.05) is 29.7 Å². The summed E-state index contributed by atoms with van der Waals surface area (Å²) in [5, 5.41) is 0.536. The lowest BCUT2D eigenvalue weighted by Gasteiger charge is -2.43. The van der Waals surface area contributed by atoms with Crippen molar-refractivity contribution in [3.8, 4) is 0 Å². The monoisotopic (exact) mass is 300 g/mol. The van der Waals surface area contributed by atoms with E-state index in [9.17, 15) is 4.39 Å². The Morgan fingerprint density at radius 2 is 2.30 bits per heavy atom. The van der Waals surface area contributed by atoms with Crippen LogP contribution in [0.5, 0.6) is 0 Å². The molecule has 112 valence electrons. The maximum atomic E-state index is 14.1. The van der Waals surface area contributed by atoms with Crippen LogP contribution in [-0.2, 0) is 4.74 Å². The molecule has 3 unspecified atom stereocenters. The predicted octanol–water partition coefficient (Wildman–Crippen LogP) is 2.98. The third-order valence-corrected chi connectivity index (χ3v) is 4.16. The van der Waals surface area contributed by atoms with Gasteiger partial charge in [-0.15, -0.1) is 0 Å². The number of hydrogen-bond donors (Lipinski definition) is 1. The van der Waals surface area contributed by atoms with Gasteiger partial charge in [0.2, 0.25) is 0 Å². The Balaban J connectivity index is 2.31. The zero-order chi connectivity index (χ0) is 14.7. The lowest BCUT2D eigenvalue weighted by Crippen LogP contribution is -2.51. The molecule has 3 atom stereocenters. The quantitative estimate of drug-likeness (QED) is 0.929. The second-order valence-corrected chi connectivity index (χ2v) is 5.76. The second-order valence-electron chi connectivity index (χ2n) is 5.32. The van der Waals surface area contributed by atoms with Gasteiger partial charge >= 0.3 is 0 Å². The standard InChI is InChI=1S/C15H22ClFN2O/c1-3-12-9-20-10(2)8-19(12)15(7-18)13-6-11(16)4-5-14(13)17/h4-6,10,12,15H,3,7-9,18H2,1-2H3. The van der Waals surface area contributed by atoms with Crippen LogP contribution >= 0.6 is 11.6 Å². The zero-order valence-corrected chi connectivity index (χ0v) is 12.7. The number of halogens is 2. The van der Waals surface area contributed by atoms with Crippen molar-refractivity contribution in [2.24, 2.45) is 5.73 Å². The lowest BCUT2D eigenvalue weighted by molar-refractivity contribution is -0.0723. The first kappa shape index (κ1) is 15.7. The number of benzene rings is 1. The van der Waals surface area contributed by atoms with Gasteiger partial charge in [-0.25, -0.2) is 4.39 Å². The molecular weight excluding hydrogens is 279 g/mol. The minimum absolute atomic E-state index is 0.133. The fourth-order valence-corrected chi connectivity index (χ4v) is 3.00. The molecule has 2 N–H and O–H groups in total. The lowest BCUT2D eigenvalue weighted by atomic mass is 10.00. The highest BCUT2D eigenvalue weighted by molar-refractivity contribution is 6.30. The number of hydrogen-bond acceptors (Lipinski definition) is 3. The molecule has 1 aliphatic heterocycles. The van der Waals surface area contributed by atoms with Crippen molar-refractivity contribution in [3.63, 3.8) is 0 Å². The summed E-state index contributed by atoms with van der Waals surface area (Å²) in [6.07, 6.45) is 1.08. The Morgan fingerprint density at radius 1 is 1.55 bits per heavy atom. The van der Waals surface area contributed by atoms with E-state index in [2.05, 4.69) is 11.8 Å². The molecule has 0 amide bonds. The molecule has 1 aromatic carbocycles. The van der Waals surface area contributed by atoms with Crippen molar-refractivity contribution in [1.29, 1.82) is 0 Å².